The van der Waals surface area contributed by atoms with Gasteiger partial charge < -0.3 is 4.57 Å². The van der Waals surface area contributed by atoms with Gasteiger partial charge in [0, 0.05) is 49.1 Å². The highest BCUT2D eigenvalue weighted by Gasteiger charge is 2.18. The maximum atomic E-state index is 5.34. The van der Waals surface area contributed by atoms with Crippen molar-refractivity contribution in [2.75, 3.05) is 0 Å². The molecule has 0 N–H and O–H groups in total. The van der Waals surface area contributed by atoms with Crippen LogP contribution in [-0.4, -0.2) is 24.5 Å². The Hall–Kier alpha value is -9.84. The summed E-state index contributed by atoms with van der Waals surface area (Å²) < 4.78 is 2.41. The lowest BCUT2D eigenvalue weighted by atomic mass is 9.97. The van der Waals surface area contributed by atoms with Crippen LogP contribution >= 0.6 is 0 Å². The molecule has 0 amide bonds. The van der Waals surface area contributed by atoms with E-state index in [4.69, 9.17) is 19.9 Å². The fourth-order valence-corrected chi connectivity index (χ4v) is 11.4. The standard InChI is InChI=1S/C68H41N5/c1-2-15-42(16-3-1)45-19-14-22-50(37-45)73-63-33-31-46(43-17-12-20-48(35-43)61-40-69-65-55-27-8-4-23-51(55)53-25-6-10-29-57(53)67(65)71-61)38-59(63)60-39-47(32-34-64(60)73)44-18-13-21-49(36-44)62-41-70-66-56-28-9-5-24-52(56)54-26-7-11-30-58(54)68(66)72-62/h1-41H. The molecule has 0 aliphatic rings. The highest BCUT2D eigenvalue weighted by molar-refractivity contribution is 6.24. The van der Waals surface area contributed by atoms with Crippen LogP contribution < -0.4 is 0 Å². The molecular weight excluding hydrogens is 887 g/mol. The summed E-state index contributed by atoms with van der Waals surface area (Å²) in [7, 11) is 0. The first-order chi connectivity index (χ1) is 36.2. The molecule has 0 spiro atoms. The predicted molar refractivity (Wildman–Crippen MR) is 304 cm³/mol. The summed E-state index contributed by atoms with van der Waals surface area (Å²) in [4.78, 5) is 20.9. The minimum absolute atomic E-state index is 0.842. The third-order valence-corrected chi connectivity index (χ3v) is 14.8. The lowest BCUT2D eigenvalue weighted by Crippen LogP contribution is -1.94. The molecule has 0 radical (unpaired) electrons. The molecule has 0 bridgehead atoms. The van der Waals surface area contributed by atoms with Gasteiger partial charge in [0.25, 0.3) is 0 Å². The molecule has 3 aromatic heterocycles. The fraction of sp³-hybridized carbons (Fsp3) is 0. The zero-order chi connectivity index (χ0) is 48.0. The van der Waals surface area contributed by atoms with E-state index in [0.717, 1.165) is 105 Å². The molecule has 0 saturated carbocycles. The first-order valence-electron chi connectivity index (χ1n) is 24.8. The van der Waals surface area contributed by atoms with Crippen LogP contribution in [0.15, 0.2) is 249 Å². The van der Waals surface area contributed by atoms with Crippen molar-refractivity contribution in [3.63, 3.8) is 0 Å². The van der Waals surface area contributed by atoms with E-state index in [1.54, 1.807) is 0 Å². The average molecular weight is 928 g/mol. The number of benzene rings is 12. The van der Waals surface area contributed by atoms with Crippen molar-refractivity contribution in [3.8, 4) is 61.6 Å². The Morgan fingerprint density at radius 3 is 1.05 bits per heavy atom. The SMILES string of the molecule is c1ccc(-c2cccc(-n3c4ccc(-c5cccc(-c6cnc7c8ccccc8c8ccccc8c7n6)c5)cc4c4cc(-c5cccc(-c6cnc7c8ccccc8c8ccccc8c7n6)c5)ccc43)c2)cc1. The number of nitrogens with zero attached hydrogens (tertiary/aromatic N) is 5. The van der Waals surface area contributed by atoms with Crippen molar-refractivity contribution in [3.05, 3.63) is 249 Å². The Kier molecular flexibility index (Phi) is 9.19. The molecule has 338 valence electrons. The number of fused-ring (bicyclic) bond motifs is 15. The van der Waals surface area contributed by atoms with E-state index >= 15 is 0 Å². The van der Waals surface area contributed by atoms with Gasteiger partial charge in [-0.2, -0.15) is 0 Å². The summed E-state index contributed by atoms with van der Waals surface area (Å²) in [5.74, 6) is 0. The summed E-state index contributed by atoms with van der Waals surface area (Å²) >= 11 is 0. The van der Waals surface area contributed by atoms with Crippen LogP contribution in [0.2, 0.25) is 0 Å². The van der Waals surface area contributed by atoms with E-state index in [-0.39, 0.29) is 0 Å². The van der Waals surface area contributed by atoms with Crippen LogP contribution in [0.3, 0.4) is 0 Å². The maximum absolute atomic E-state index is 5.34. The third-order valence-electron chi connectivity index (χ3n) is 14.8. The summed E-state index contributed by atoms with van der Waals surface area (Å²) in [5.41, 5.74) is 17.6. The molecule has 12 aromatic carbocycles. The third kappa shape index (κ3) is 6.63. The molecule has 5 nitrogen and oxygen atoms in total. The van der Waals surface area contributed by atoms with Crippen molar-refractivity contribution in [1.82, 2.24) is 24.5 Å². The highest BCUT2D eigenvalue weighted by atomic mass is 15.0. The van der Waals surface area contributed by atoms with Gasteiger partial charge in [-0.05, 0) is 103 Å². The van der Waals surface area contributed by atoms with Crippen molar-refractivity contribution < 1.29 is 0 Å². The van der Waals surface area contributed by atoms with E-state index < -0.39 is 0 Å². The van der Waals surface area contributed by atoms with Crippen molar-refractivity contribution in [2.45, 2.75) is 0 Å². The fourth-order valence-electron chi connectivity index (χ4n) is 11.4. The first-order valence-corrected chi connectivity index (χ1v) is 24.8. The van der Waals surface area contributed by atoms with Gasteiger partial charge >= 0.3 is 0 Å². The van der Waals surface area contributed by atoms with Crippen LogP contribution in [0, 0.1) is 0 Å². The number of hydrogen-bond acceptors (Lipinski definition) is 4. The van der Waals surface area contributed by atoms with Gasteiger partial charge in [0.1, 0.15) is 0 Å². The molecule has 0 atom stereocenters. The molecular formula is C68H41N5. The summed E-state index contributed by atoms with van der Waals surface area (Å²) in [5, 5.41) is 11.5. The smallest absolute Gasteiger partial charge is 0.0979 e. The molecule has 5 heteroatoms. The van der Waals surface area contributed by atoms with Gasteiger partial charge in [-0.25, -0.2) is 9.97 Å². The van der Waals surface area contributed by atoms with E-state index in [9.17, 15) is 0 Å². The van der Waals surface area contributed by atoms with Gasteiger partial charge in [-0.1, -0.05) is 188 Å². The molecule has 15 rings (SSSR count). The van der Waals surface area contributed by atoms with Crippen LogP contribution in [0.5, 0.6) is 0 Å². The van der Waals surface area contributed by atoms with Gasteiger partial charge in [0.05, 0.1) is 56.9 Å². The topological polar surface area (TPSA) is 56.5 Å². The van der Waals surface area contributed by atoms with Gasteiger partial charge in [-0.3, -0.25) is 9.97 Å². The second kappa shape index (κ2) is 16.4. The number of rotatable bonds is 6. The Bertz CT molecular complexity index is 4420. The van der Waals surface area contributed by atoms with Crippen molar-refractivity contribution in [2.24, 2.45) is 0 Å². The molecule has 0 aliphatic heterocycles. The zero-order valence-electron chi connectivity index (χ0n) is 39.4. The monoisotopic (exact) mass is 927 g/mol. The lowest BCUT2D eigenvalue weighted by molar-refractivity contribution is 1.18. The van der Waals surface area contributed by atoms with Gasteiger partial charge in [-0.15, -0.1) is 0 Å². The minimum Gasteiger partial charge on any atom is -0.309 e. The molecule has 0 saturated heterocycles. The summed E-state index contributed by atoms with van der Waals surface area (Å²) in [6, 6.07) is 84.8. The predicted octanol–water partition coefficient (Wildman–Crippen LogP) is 17.6. The molecule has 15 aromatic rings. The van der Waals surface area contributed by atoms with Gasteiger partial charge in [0.2, 0.25) is 0 Å². The Morgan fingerprint density at radius 2 is 0.589 bits per heavy atom. The Morgan fingerprint density at radius 1 is 0.233 bits per heavy atom. The summed E-state index contributed by atoms with van der Waals surface area (Å²) in [6.45, 7) is 0. The van der Waals surface area contributed by atoms with Crippen LogP contribution in [0.4, 0.5) is 0 Å². The Labute approximate surface area is 420 Å². The first kappa shape index (κ1) is 41.0. The number of aromatic nitrogens is 5. The highest BCUT2D eigenvalue weighted by Crippen LogP contribution is 2.41. The minimum atomic E-state index is 0.842. The zero-order valence-corrected chi connectivity index (χ0v) is 39.4. The summed E-state index contributed by atoms with van der Waals surface area (Å²) in [6.07, 6.45) is 3.85. The largest absolute Gasteiger partial charge is 0.309 e. The van der Waals surface area contributed by atoms with E-state index in [1.165, 1.54) is 43.4 Å². The van der Waals surface area contributed by atoms with Crippen molar-refractivity contribution >= 4 is 87.0 Å². The molecule has 0 fully saturated rings. The molecule has 73 heavy (non-hydrogen) atoms. The lowest BCUT2D eigenvalue weighted by Gasteiger charge is -2.12. The average Bonchev–Trinajstić information content (AvgIpc) is 3.80. The normalized spacial score (nSPS) is 11.8. The second-order valence-corrected chi connectivity index (χ2v) is 19.0. The molecule has 0 aliphatic carbocycles. The van der Waals surface area contributed by atoms with Crippen LogP contribution in [0.1, 0.15) is 0 Å². The van der Waals surface area contributed by atoms with Crippen LogP contribution in [0.25, 0.3) is 149 Å². The Balaban J connectivity index is 0.872. The van der Waals surface area contributed by atoms with E-state index in [2.05, 4.69) is 241 Å². The molecule has 3 heterocycles. The van der Waals surface area contributed by atoms with Gasteiger partial charge in [0.15, 0.2) is 0 Å². The van der Waals surface area contributed by atoms with E-state index in [1.807, 2.05) is 12.4 Å². The molecule has 0 unspecified atom stereocenters. The quantitative estimate of drug-likeness (QED) is 0.156. The number of hydrogen-bond donors (Lipinski definition) is 0. The second-order valence-electron chi connectivity index (χ2n) is 19.0. The van der Waals surface area contributed by atoms with Crippen molar-refractivity contribution in [1.29, 1.82) is 0 Å². The maximum Gasteiger partial charge on any atom is 0.0979 e. The van der Waals surface area contributed by atoms with Crippen LogP contribution in [-0.2, 0) is 0 Å². The van der Waals surface area contributed by atoms with E-state index in [0.29, 0.717) is 0 Å².